The van der Waals surface area contributed by atoms with Crippen molar-refractivity contribution in [3.63, 3.8) is 0 Å². The van der Waals surface area contributed by atoms with Gasteiger partial charge in [-0.3, -0.25) is 5.10 Å². The molecule has 0 aliphatic rings. The Morgan fingerprint density at radius 3 is 2.76 bits per heavy atom. The molecule has 0 saturated carbocycles. The highest BCUT2D eigenvalue weighted by molar-refractivity contribution is 7.71. The lowest BCUT2D eigenvalue weighted by atomic mass is 10.2. The molecule has 0 unspecified atom stereocenters. The first-order chi connectivity index (χ1) is 8.08. The quantitative estimate of drug-likeness (QED) is 0.660. The van der Waals surface area contributed by atoms with E-state index in [1.54, 1.807) is 6.92 Å². The van der Waals surface area contributed by atoms with Gasteiger partial charge in [-0.25, -0.2) is 8.78 Å². The number of hydrogen-bond acceptors (Lipinski definition) is 3. The first kappa shape index (κ1) is 11.6. The van der Waals surface area contributed by atoms with E-state index in [1.165, 1.54) is 17.0 Å². The SMILES string of the molecule is Cc1n[nH]c(=S)n1/N=C\c1ccc(F)c(F)c1. The normalized spacial score (nSPS) is 11.2. The molecule has 0 aliphatic carbocycles. The number of rotatable bonds is 2. The van der Waals surface area contributed by atoms with Crippen molar-refractivity contribution in [3.05, 3.63) is 46.0 Å². The number of hydrogen-bond donors (Lipinski definition) is 1. The van der Waals surface area contributed by atoms with E-state index in [1.807, 2.05) is 0 Å². The molecule has 0 saturated heterocycles. The van der Waals surface area contributed by atoms with Crippen LogP contribution in [0.2, 0.25) is 0 Å². The Hall–Kier alpha value is -1.89. The molecule has 1 heterocycles. The average molecular weight is 254 g/mol. The van der Waals surface area contributed by atoms with E-state index in [-0.39, 0.29) is 0 Å². The molecule has 4 nitrogen and oxygen atoms in total. The molecule has 7 heteroatoms. The molecule has 2 rings (SSSR count). The molecule has 1 aromatic carbocycles. The summed E-state index contributed by atoms with van der Waals surface area (Å²) < 4.78 is 27.3. The monoisotopic (exact) mass is 254 g/mol. The molecule has 17 heavy (non-hydrogen) atoms. The van der Waals surface area contributed by atoms with Gasteiger partial charge in [0.1, 0.15) is 5.82 Å². The van der Waals surface area contributed by atoms with Crippen LogP contribution in [0.4, 0.5) is 8.78 Å². The van der Waals surface area contributed by atoms with Gasteiger partial charge in [-0.05, 0) is 36.8 Å². The summed E-state index contributed by atoms with van der Waals surface area (Å²) in [5.41, 5.74) is 0.436. The Bertz CT molecular complexity index is 629. The van der Waals surface area contributed by atoms with Crippen LogP contribution in [0.15, 0.2) is 23.3 Å². The van der Waals surface area contributed by atoms with Crippen molar-refractivity contribution < 1.29 is 8.78 Å². The standard InChI is InChI=1S/C10H8F2N4S/c1-6-14-15-10(17)16(6)13-5-7-2-3-8(11)9(12)4-7/h2-5H,1H3,(H,15,17)/b13-5-. The van der Waals surface area contributed by atoms with Gasteiger partial charge in [0.2, 0.25) is 4.77 Å². The fourth-order valence-corrected chi connectivity index (χ4v) is 1.45. The molecular weight excluding hydrogens is 246 g/mol. The van der Waals surface area contributed by atoms with Crippen molar-refractivity contribution in [2.24, 2.45) is 5.10 Å². The minimum absolute atomic E-state index is 0.335. The van der Waals surface area contributed by atoms with Crippen LogP contribution < -0.4 is 0 Å². The average Bonchev–Trinajstić information content (AvgIpc) is 2.61. The van der Waals surface area contributed by atoms with E-state index < -0.39 is 11.6 Å². The first-order valence-corrected chi connectivity index (χ1v) is 5.12. The number of nitrogens with zero attached hydrogens (tertiary/aromatic N) is 3. The Kier molecular flexibility index (Phi) is 3.10. The van der Waals surface area contributed by atoms with Crippen molar-refractivity contribution in [3.8, 4) is 0 Å². The van der Waals surface area contributed by atoms with Gasteiger partial charge in [0, 0.05) is 0 Å². The fourth-order valence-electron chi connectivity index (χ4n) is 1.22. The lowest BCUT2D eigenvalue weighted by Crippen LogP contribution is -1.94. The summed E-state index contributed by atoms with van der Waals surface area (Å²) in [7, 11) is 0. The van der Waals surface area contributed by atoms with Gasteiger partial charge in [-0.1, -0.05) is 6.07 Å². The molecule has 1 aromatic heterocycles. The van der Waals surface area contributed by atoms with E-state index >= 15 is 0 Å². The van der Waals surface area contributed by atoms with Crippen molar-refractivity contribution in [2.45, 2.75) is 6.92 Å². The van der Waals surface area contributed by atoms with Crippen molar-refractivity contribution in [2.75, 3.05) is 0 Å². The van der Waals surface area contributed by atoms with Crippen LogP contribution in [-0.4, -0.2) is 21.1 Å². The minimum Gasteiger partial charge on any atom is -0.250 e. The summed E-state index contributed by atoms with van der Waals surface area (Å²) >= 11 is 4.93. The molecule has 88 valence electrons. The maximum Gasteiger partial charge on any atom is 0.216 e. The number of nitrogens with one attached hydrogen (secondary N) is 1. The molecule has 0 amide bonds. The zero-order valence-electron chi connectivity index (χ0n) is 8.82. The summed E-state index contributed by atoms with van der Waals surface area (Å²) in [4.78, 5) is 0. The maximum absolute atomic E-state index is 12.9. The second kappa shape index (κ2) is 4.54. The van der Waals surface area contributed by atoms with Crippen molar-refractivity contribution in [1.82, 2.24) is 14.9 Å². The van der Waals surface area contributed by atoms with Gasteiger partial charge in [0.25, 0.3) is 0 Å². The van der Waals surface area contributed by atoms with Gasteiger partial charge in [0.15, 0.2) is 11.6 Å². The molecule has 0 radical (unpaired) electrons. The largest absolute Gasteiger partial charge is 0.250 e. The zero-order valence-corrected chi connectivity index (χ0v) is 9.63. The number of aromatic nitrogens is 3. The summed E-state index contributed by atoms with van der Waals surface area (Å²) in [6.45, 7) is 1.72. The van der Waals surface area contributed by atoms with Gasteiger partial charge in [-0.2, -0.15) is 14.9 Å². The van der Waals surface area contributed by atoms with Gasteiger partial charge < -0.3 is 0 Å². The maximum atomic E-state index is 12.9. The number of H-pyrrole nitrogens is 1. The van der Waals surface area contributed by atoms with Crippen molar-refractivity contribution >= 4 is 18.4 Å². The summed E-state index contributed by atoms with van der Waals surface area (Å²) in [6, 6.07) is 3.51. The second-order valence-corrected chi connectivity index (χ2v) is 3.69. The van der Waals surface area contributed by atoms with E-state index in [2.05, 4.69) is 15.3 Å². The highest BCUT2D eigenvalue weighted by Crippen LogP contribution is 2.07. The number of benzene rings is 1. The molecule has 0 atom stereocenters. The molecule has 0 bridgehead atoms. The zero-order chi connectivity index (χ0) is 12.4. The summed E-state index contributed by atoms with van der Waals surface area (Å²) in [5.74, 6) is -1.23. The molecule has 2 aromatic rings. The highest BCUT2D eigenvalue weighted by atomic mass is 32.1. The first-order valence-electron chi connectivity index (χ1n) is 4.71. The van der Waals surface area contributed by atoms with Gasteiger partial charge in [0.05, 0.1) is 6.21 Å². The third-order valence-electron chi connectivity index (χ3n) is 2.08. The van der Waals surface area contributed by atoms with Crippen LogP contribution in [0, 0.1) is 23.3 Å². The topological polar surface area (TPSA) is 46.0 Å². The van der Waals surface area contributed by atoms with E-state index in [0.717, 1.165) is 12.1 Å². The Morgan fingerprint density at radius 2 is 2.18 bits per heavy atom. The molecule has 0 spiro atoms. The predicted molar refractivity (Wildman–Crippen MR) is 61.5 cm³/mol. The smallest absolute Gasteiger partial charge is 0.216 e. The number of aryl methyl sites for hydroxylation is 1. The second-order valence-electron chi connectivity index (χ2n) is 3.31. The Labute approximate surface area is 101 Å². The van der Waals surface area contributed by atoms with Crippen LogP contribution in [0.1, 0.15) is 11.4 Å². The third-order valence-corrected chi connectivity index (χ3v) is 2.34. The fraction of sp³-hybridized carbons (Fsp3) is 0.100. The van der Waals surface area contributed by atoms with E-state index in [0.29, 0.717) is 16.2 Å². The van der Waals surface area contributed by atoms with E-state index in [9.17, 15) is 8.78 Å². The van der Waals surface area contributed by atoms with Crippen LogP contribution in [0.5, 0.6) is 0 Å². The van der Waals surface area contributed by atoms with Crippen LogP contribution in [0.25, 0.3) is 0 Å². The Balaban J connectivity index is 2.32. The minimum atomic E-state index is -0.915. The molecule has 0 fully saturated rings. The molecular formula is C10H8F2N4S. The molecule has 1 N–H and O–H groups in total. The third kappa shape index (κ3) is 2.44. The lowest BCUT2D eigenvalue weighted by Gasteiger charge is -1.96. The summed E-state index contributed by atoms with van der Waals surface area (Å²) in [6.07, 6.45) is 1.38. The van der Waals surface area contributed by atoms with Crippen LogP contribution >= 0.6 is 12.2 Å². The summed E-state index contributed by atoms with van der Waals surface area (Å²) in [5, 5.41) is 10.4. The van der Waals surface area contributed by atoms with Crippen molar-refractivity contribution in [1.29, 1.82) is 0 Å². The number of halogens is 2. The van der Waals surface area contributed by atoms with E-state index in [4.69, 9.17) is 12.2 Å². The number of aromatic amines is 1. The van der Waals surface area contributed by atoms with Gasteiger partial charge in [-0.15, -0.1) is 0 Å². The highest BCUT2D eigenvalue weighted by Gasteiger charge is 2.01. The van der Waals surface area contributed by atoms with Crippen LogP contribution in [-0.2, 0) is 0 Å². The van der Waals surface area contributed by atoms with Crippen LogP contribution in [0.3, 0.4) is 0 Å². The lowest BCUT2D eigenvalue weighted by molar-refractivity contribution is 0.508. The van der Waals surface area contributed by atoms with Gasteiger partial charge >= 0.3 is 0 Å². The molecule has 0 aliphatic heterocycles. The predicted octanol–water partition coefficient (Wildman–Crippen LogP) is 2.41. The Morgan fingerprint density at radius 1 is 1.41 bits per heavy atom.